The summed E-state index contributed by atoms with van der Waals surface area (Å²) in [6, 6.07) is 7.97. The van der Waals surface area contributed by atoms with E-state index in [1.165, 1.54) is 0 Å². The molecule has 0 radical (unpaired) electrons. The molecule has 1 aromatic carbocycles. The standard InChI is InChI=1S/C11H8Br3NS/c12-6-1-2-7(9(14)5-6)10(15)11-8(13)3-4-16-11/h1-5,10H,15H2. The van der Waals surface area contributed by atoms with E-state index in [1.54, 1.807) is 11.3 Å². The fraction of sp³-hybridized carbons (Fsp3) is 0.0909. The van der Waals surface area contributed by atoms with Gasteiger partial charge in [-0.2, -0.15) is 0 Å². The Hall–Kier alpha value is 0.320. The second-order valence-corrected chi connectivity index (χ2v) is 6.85. The van der Waals surface area contributed by atoms with E-state index in [9.17, 15) is 0 Å². The molecule has 2 aromatic rings. The van der Waals surface area contributed by atoms with Crippen LogP contribution in [0.2, 0.25) is 0 Å². The minimum absolute atomic E-state index is 0.100. The lowest BCUT2D eigenvalue weighted by molar-refractivity contribution is 0.882. The topological polar surface area (TPSA) is 26.0 Å². The Morgan fingerprint density at radius 2 is 1.81 bits per heavy atom. The largest absolute Gasteiger partial charge is 0.320 e. The summed E-state index contributed by atoms with van der Waals surface area (Å²) in [6.07, 6.45) is 0. The number of thiophene rings is 1. The molecule has 0 bridgehead atoms. The third kappa shape index (κ3) is 2.59. The van der Waals surface area contributed by atoms with Gasteiger partial charge in [-0.15, -0.1) is 11.3 Å². The maximum Gasteiger partial charge on any atom is 0.0668 e. The summed E-state index contributed by atoms with van der Waals surface area (Å²) in [4.78, 5) is 1.14. The molecule has 1 unspecified atom stereocenters. The maximum absolute atomic E-state index is 6.25. The molecule has 0 saturated carbocycles. The summed E-state index contributed by atoms with van der Waals surface area (Å²) in [7, 11) is 0. The van der Waals surface area contributed by atoms with Crippen LogP contribution in [0.4, 0.5) is 0 Å². The lowest BCUT2D eigenvalue weighted by Crippen LogP contribution is -2.11. The van der Waals surface area contributed by atoms with Gasteiger partial charge in [0, 0.05) is 18.3 Å². The molecule has 1 atom stereocenters. The van der Waals surface area contributed by atoms with Gasteiger partial charge in [0.2, 0.25) is 0 Å². The molecule has 0 amide bonds. The van der Waals surface area contributed by atoms with Crippen molar-refractivity contribution in [2.75, 3.05) is 0 Å². The molecule has 16 heavy (non-hydrogen) atoms. The van der Waals surface area contributed by atoms with E-state index in [1.807, 2.05) is 29.6 Å². The number of nitrogens with two attached hydrogens (primary N) is 1. The predicted molar refractivity (Wildman–Crippen MR) is 79.9 cm³/mol. The molecule has 84 valence electrons. The van der Waals surface area contributed by atoms with Gasteiger partial charge in [0.1, 0.15) is 0 Å². The average molecular weight is 426 g/mol. The smallest absolute Gasteiger partial charge is 0.0668 e. The molecule has 0 aliphatic rings. The molecule has 1 nitrogen and oxygen atoms in total. The Balaban J connectivity index is 2.41. The number of hydrogen-bond acceptors (Lipinski definition) is 2. The first kappa shape index (κ1) is 12.8. The van der Waals surface area contributed by atoms with Gasteiger partial charge in [-0.3, -0.25) is 0 Å². The highest BCUT2D eigenvalue weighted by Crippen LogP contribution is 2.35. The Morgan fingerprint density at radius 3 is 2.38 bits per heavy atom. The SMILES string of the molecule is NC(c1ccc(Br)cc1Br)c1sccc1Br. The molecule has 0 saturated heterocycles. The number of hydrogen-bond donors (Lipinski definition) is 1. The third-order valence-corrected chi connectivity index (χ3v) is 5.36. The van der Waals surface area contributed by atoms with Gasteiger partial charge in [-0.1, -0.05) is 37.9 Å². The molecule has 0 aliphatic heterocycles. The predicted octanol–water partition coefficient (Wildman–Crippen LogP) is 5.08. The van der Waals surface area contributed by atoms with E-state index >= 15 is 0 Å². The van der Waals surface area contributed by atoms with Crippen molar-refractivity contribution in [3.8, 4) is 0 Å². The molecule has 0 fully saturated rings. The van der Waals surface area contributed by atoms with Crippen LogP contribution in [0.3, 0.4) is 0 Å². The summed E-state index contributed by atoms with van der Waals surface area (Å²) in [5, 5.41) is 2.03. The van der Waals surface area contributed by atoms with Gasteiger partial charge < -0.3 is 5.73 Å². The second kappa shape index (κ2) is 5.31. The van der Waals surface area contributed by atoms with Crippen molar-refractivity contribution in [1.82, 2.24) is 0 Å². The molecule has 2 rings (SSSR count). The maximum atomic E-state index is 6.25. The van der Waals surface area contributed by atoms with E-state index in [0.717, 1.165) is 23.9 Å². The Morgan fingerprint density at radius 1 is 1.06 bits per heavy atom. The van der Waals surface area contributed by atoms with Crippen LogP contribution in [-0.4, -0.2) is 0 Å². The molecule has 0 spiro atoms. The first-order valence-corrected chi connectivity index (χ1v) is 7.79. The van der Waals surface area contributed by atoms with Crippen LogP contribution in [-0.2, 0) is 0 Å². The van der Waals surface area contributed by atoms with Crippen molar-refractivity contribution in [2.24, 2.45) is 5.73 Å². The fourth-order valence-electron chi connectivity index (χ4n) is 1.42. The van der Waals surface area contributed by atoms with Crippen LogP contribution in [0, 0.1) is 0 Å². The molecular weight excluding hydrogens is 418 g/mol. The monoisotopic (exact) mass is 423 g/mol. The fourth-order valence-corrected chi connectivity index (χ4v) is 4.36. The van der Waals surface area contributed by atoms with Crippen molar-refractivity contribution in [1.29, 1.82) is 0 Å². The van der Waals surface area contributed by atoms with Crippen LogP contribution < -0.4 is 5.73 Å². The van der Waals surface area contributed by atoms with Gasteiger partial charge in [0.15, 0.2) is 0 Å². The van der Waals surface area contributed by atoms with Crippen molar-refractivity contribution < 1.29 is 0 Å². The summed E-state index contributed by atoms with van der Waals surface area (Å²) in [5.74, 6) is 0. The van der Waals surface area contributed by atoms with Crippen LogP contribution in [0.25, 0.3) is 0 Å². The third-order valence-electron chi connectivity index (χ3n) is 2.22. The van der Waals surface area contributed by atoms with E-state index in [4.69, 9.17) is 5.73 Å². The van der Waals surface area contributed by atoms with Crippen LogP contribution in [0.5, 0.6) is 0 Å². The van der Waals surface area contributed by atoms with Gasteiger partial charge in [-0.05, 0) is 45.1 Å². The highest BCUT2D eigenvalue weighted by molar-refractivity contribution is 9.11. The molecule has 1 aromatic heterocycles. The normalized spacial score (nSPS) is 12.8. The lowest BCUT2D eigenvalue weighted by atomic mass is 10.1. The van der Waals surface area contributed by atoms with Gasteiger partial charge in [0.05, 0.1) is 6.04 Å². The van der Waals surface area contributed by atoms with E-state index in [-0.39, 0.29) is 6.04 Å². The summed E-state index contributed by atoms with van der Waals surface area (Å²) >= 11 is 12.1. The van der Waals surface area contributed by atoms with Crippen molar-refractivity contribution in [3.05, 3.63) is 53.5 Å². The highest BCUT2D eigenvalue weighted by Gasteiger charge is 2.16. The number of benzene rings is 1. The Kier molecular flexibility index (Phi) is 4.24. The van der Waals surface area contributed by atoms with Crippen molar-refractivity contribution in [2.45, 2.75) is 6.04 Å². The Bertz CT molecular complexity index is 510. The van der Waals surface area contributed by atoms with E-state index < -0.39 is 0 Å². The summed E-state index contributed by atoms with van der Waals surface area (Å²) in [5.41, 5.74) is 7.34. The minimum Gasteiger partial charge on any atom is -0.320 e. The van der Waals surface area contributed by atoms with E-state index in [2.05, 4.69) is 47.8 Å². The number of rotatable bonds is 2. The molecule has 2 N–H and O–H groups in total. The molecular formula is C11H8Br3NS. The lowest BCUT2D eigenvalue weighted by Gasteiger charge is -2.13. The molecule has 0 aliphatic carbocycles. The quantitative estimate of drug-likeness (QED) is 0.713. The van der Waals surface area contributed by atoms with Crippen LogP contribution in [0.1, 0.15) is 16.5 Å². The van der Waals surface area contributed by atoms with Gasteiger partial charge >= 0.3 is 0 Å². The average Bonchev–Trinajstić information content (AvgIpc) is 2.63. The molecule has 1 heterocycles. The first-order valence-electron chi connectivity index (χ1n) is 4.53. The Labute approximate surface area is 123 Å². The zero-order valence-electron chi connectivity index (χ0n) is 8.08. The van der Waals surface area contributed by atoms with Crippen LogP contribution in [0.15, 0.2) is 43.1 Å². The second-order valence-electron chi connectivity index (χ2n) is 3.28. The summed E-state index contributed by atoms with van der Waals surface area (Å²) in [6.45, 7) is 0. The van der Waals surface area contributed by atoms with Gasteiger partial charge in [-0.25, -0.2) is 0 Å². The first-order chi connectivity index (χ1) is 7.59. The zero-order chi connectivity index (χ0) is 11.7. The minimum atomic E-state index is -0.100. The highest BCUT2D eigenvalue weighted by atomic mass is 79.9. The number of halogens is 3. The zero-order valence-corrected chi connectivity index (χ0v) is 13.7. The van der Waals surface area contributed by atoms with Crippen LogP contribution >= 0.6 is 59.1 Å². The van der Waals surface area contributed by atoms with Gasteiger partial charge in [0.25, 0.3) is 0 Å². The van der Waals surface area contributed by atoms with E-state index in [0.29, 0.717) is 0 Å². The van der Waals surface area contributed by atoms with Crippen molar-refractivity contribution in [3.63, 3.8) is 0 Å². The van der Waals surface area contributed by atoms with Crippen molar-refractivity contribution >= 4 is 59.1 Å². The summed E-state index contributed by atoms with van der Waals surface area (Å²) < 4.78 is 3.13. The molecule has 5 heteroatoms.